The second kappa shape index (κ2) is 5.41. The highest BCUT2D eigenvalue weighted by atomic mass is 35.5. The van der Waals surface area contributed by atoms with E-state index >= 15 is 0 Å². The first-order chi connectivity index (χ1) is 8.22. The molecule has 1 N–H and O–H groups in total. The second-order valence-corrected chi connectivity index (χ2v) is 4.65. The molecule has 0 amide bonds. The van der Waals surface area contributed by atoms with Crippen molar-refractivity contribution in [3.63, 3.8) is 0 Å². The van der Waals surface area contributed by atoms with Gasteiger partial charge < -0.3 is 9.64 Å². The highest BCUT2D eigenvalue weighted by molar-refractivity contribution is 6.31. The zero-order valence-corrected chi connectivity index (χ0v) is 10.8. The lowest BCUT2D eigenvalue weighted by molar-refractivity contribution is 0.348. The zero-order chi connectivity index (χ0) is 12.3. The molecule has 1 aliphatic heterocycles. The smallest absolute Gasteiger partial charge is 0.125 e. The molecule has 4 heteroatoms. The maximum atomic E-state index is 7.94. The molecule has 1 heterocycles. The molecule has 1 aromatic rings. The van der Waals surface area contributed by atoms with Gasteiger partial charge in [-0.2, -0.15) is 0 Å². The third-order valence-corrected chi connectivity index (χ3v) is 3.47. The number of ether oxygens (including phenoxy) is 1. The minimum atomic E-state index is 0.668. The van der Waals surface area contributed by atoms with E-state index in [0.29, 0.717) is 17.4 Å². The summed E-state index contributed by atoms with van der Waals surface area (Å²) in [5.41, 5.74) is 0.975. The Balaban J connectivity index is 2.19. The Morgan fingerprint density at radius 2 is 2.24 bits per heavy atom. The summed E-state index contributed by atoms with van der Waals surface area (Å²) in [6.45, 7) is 1.61. The topological polar surface area (TPSA) is 36.3 Å². The Bertz CT molecular complexity index is 420. The van der Waals surface area contributed by atoms with Gasteiger partial charge in [0.25, 0.3) is 0 Å². The number of nitrogens with one attached hydrogen (secondary N) is 1. The van der Waals surface area contributed by atoms with E-state index in [2.05, 4.69) is 4.90 Å². The zero-order valence-electron chi connectivity index (χ0n) is 10.0. The lowest BCUT2D eigenvalue weighted by Gasteiger charge is -2.30. The predicted molar refractivity (Wildman–Crippen MR) is 70.0 cm³/mol. The number of benzene rings is 1. The SMILES string of the molecule is COc1cccc(Cl)c1CN1CCCCC1=N. The van der Waals surface area contributed by atoms with E-state index in [-0.39, 0.29) is 0 Å². The normalized spacial score (nSPS) is 16.1. The molecule has 0 saturated carbocycles. The molecule has 3 nitrogen and oxygen atoms in total. The van der Waals surface area contributed by atoms with Crippen LogP contribution in [0.15, 0.2) is 18.2 Å². The summed E-state index contributed by atoms with van der Waals surface area (Å²) in [4.78, 5) is 2.08. The van der Waals surface area contributed by atoms with Crippen LogP contribution in [0.2, 0.25) is 5.02 Å². The third-order valence-electron chi connectivity index (χ3n) is 3.12. The summed E-state index contributed by atoms with van der Waals surface area (Å²) in [5, 5.41) is 8.65. The van der Waals surface area contributed by atoms with Crippen molar-refractivity contribution in [2.45, 2.75) is 25.8 Å². The second-order valence-electron chi connectivity index (χ2n) is 4.25. The molecular weight excluding hydrogens is 236 g/mol. The van der Waals surface area contributed by atoms with Gasteiger partial charge in [-0.05, 0) is 25.0 Å². The van der Waals surface area contributed by atoms with E-state index in [0.717, 1.165) is 37.1 Å². The minimum absolute atomic E-state index is 0.668. The number of hydrogen-bond acceptors (Lipinski definition) is 2. The first kappa shape index (κ1) is 12.2. The van der Waals surface area contributed by atoms with Crippen LogP contribution in [0.3, 0.4) is 0 Å². The summed E-state index contributed by atoms with van der Waals surface area (Å²) < 4.78 is 5.32. The van der Waals surface area contributed by atoms with Gasteiger partial charge in [0.2, 0.25) is 0 Å². The van der Waals surface area contributed by atoms with Crippen LogP contribution in [0.4, 0.5) is 0 Å². The van der Waals surface area contributed by atoms with Gasteiger partial charge in [0.1, 0.15) is 5.75 Å². The van der Waals surface area contributed by atoms with Crippen molar-refractivity contribution in [1.29, 1.82) is 5.41 Å². The molecule has 1 aromatic carbocycles. The molecule has 1 fully saturated rings. The van der Waals surface area contributed by atoms with Crippen molar-refractivity contribution in [2.75, 3.05) is 13.7 Å². The van der Waals surface area contributed by atoms with Gasteiger partial charge >= 0.3 is 0 Å². The van der Waals surface area contributed by atoms with Gasteiger partial charge in [0.15, 0.2) is 0 Å². The molecule has 0 radical (unpaired) electrons. The number of methoxy groups -OCH3 is 1. The van der Waals surface area contributed by atoms with Gasteiger partial charge in [-0.1, -0.05) is 17.7 Å². The third kappa shape index (κ3) is 2.72. The van der Waals surface area contributed by atoms with Crippen molar-refractivity contribution in [3.05, 3.63) is 28.8 Å². The standard InChI is InChI=1S/C13H17ClN2O/c1-17-12-6-4-5-11(14)10(12)9-16-8-3-2-7-13(16)15/h4-6,15H,2-3,7-9H2,1H3. The quantitative estimate of drug-likeness (QED) is 0.896. The molecular formula is C13H17ClN2O. The Hall–Kier alpha value is -1.22. The summed E-state index contributed by atoms with van der Waals surface area (Å²) in [5.74, 6) is 1.51. The van der Waals surface area contributed by atoms with Crippen molar-refractivity contribution < 1.29 is 4.74 Å². The molecule has 0 unspecified atom stereocenters. The maximum Gasteiger partial charge on any atom is 0.125 e. The van der Waals surface area contributed by atoms with Gasteiger partial charge in [-0.3, -0.25) is 5.41 Å². The van der Waals surface area contributed by atoms with E-state index in [1.807, 2.05) is 18.2 Å². The van der Waals surface area contributed by atoms with Crippen LogP contribution < -0.4 is 4.74 Å². The number of rotatable bonds is 3. The van der Waals surface area contributed by atoms with Crippen molar-refractivity contribution in [3.8, 4) is 5.75 Å². The van der Waals surface area contributed by atoms with E-state index in [1.165, 1.54) is 0 Å². The highest BCUT2D eigenvalue weighted by Gasteiger charge is 2.18. The summed E-state index contributed by atoms with van der Waals surface area (Å²) in [6, 6.07) is 5.66. The number of likely N-dealkylation sites (tertiary alicyclic amines) is 1. The molecule has 1 aliphatic rings. The lowest BCUT2D eigenvalue weighted by atomic mass is 10.1. The Labute approximate surface area is 107 Å². The number of piperidine rings is 1. The fourth-order valence-corrected chi connectivity index (χ4v) is 2.36. The maximum absolute atomic E-state index is 7.94. The van der Waals surface area contributed by atoms with E-state index in [1.54, 1.807) is 7.11 Å². The van der Waals surface area contributed by atoms with Gasteiger partial charge in [-0.25, -0.2) is 0 Å². The van der Waals surface area contributed by atoms with Crippen LogP contribution in [0.25, 0.3) is 0 Å². The Morgan fingerprint density at radius 3 is 2.94 bits per heavy atom. The number of amidine groups is 1. The fraction of sp³-hybridized carbons (Fsp3) is 0.462. The highest BCUT2D eigenvalue weighted by Crippen LogP contribution is 2.28. The molecule has 0 aliphatic carbocycles. The van der Waals surface area contributed by atoms with Crippen LogP contribution >= 0.6 is 11.6 Å². The minimum Gasteiger partial charge on any atom is -0.496 e. The van der Waals surface area contributed by atoms with Crippen LogP contribution in [-0.2, 0) is 6.54 Å². The van der Waals surface area contributed by atoms with Crippen LogP contribution in [0, 0.1) is 5.41 Å². The number of nitrogens with zero attached hydrogens (tertiary/aromatic N) is 1. The van der Waals surface area contributed by atoms with Crippen LogP contribution in [-0.4, -0.2) is 24.4 Å². The summed E-state index contributed by atoms with van der Waals surface area (Å²) in [7, 11) is 1.65. The Kier molecular flexibility index (Phi) is 3.89. The van der Waals surface area contributed by atoms with Gasteiger partial charge in [-0.15, -0.1) is 0 Å². The fourth-order valence-electron chi connectivity index (χ4n) is 2.14. The number of halogens is 1. The average Bonchev–Trinajstić information content (AvgIpc) is 2.34. The van der Waals surface area contributed by atoms with Gasteiger partial charge in [0.05, 0.1) is 12.9 Å². The number of hydrogen-bond donors (Lipinski definition) is 1. The molecule has 17 heavy (non-hydrogen) atoms. The molecule has 92 valence electrons. The Morgan fingerprint density at radius 1 is 1.41 bits per heavy atom. The van der Waals surface area contributed by atoms with Crippen molar-refractivity contribution in [2.24, 2.45) is 0 Å². The first-order valence-electron chi connectivity index (χ1n) is 5.86. The van der Waals surface area contributed by atoms with E-state index in [4.69, 9.17) is 21.7 Å². The van der Waals surface area contributed by atoms with Crippen molar-refractivity contribution >= 4 is 17.4 Å². The summed E-state index contributed by atoms with van der Waals surface area (Å²) >= 11 is 6.20. The molecule has 0 aromatic heterocycles. The van der Waals surface area contributed by atoms with E-state index in [9.17, 15) is 0 Å². The van der Waals surface area contributed by atoms with Crippen LogP contribution in [0.5, 0.6) is 5.75 Å². The van der Waals surface area contributed by atoms with Gasteiger partial charge in [0, 0.05) is 30.1 Å². The lowest BCUT2D eigenvalue weighted by Crippen LogP contribution is -2.34. The van der Waals surface area contributed by atoms with Crippen molar-refractivity contribution in [1.82, 2.24) is 4.90 Å². The van der Waals surface area contributed by atoms with Crippen LogP contribution in [0.1, 0.15) is 24.8 Å². The molecule has 0 spiro atoms. The predicted octanol–water partition coefficient (Wildman–Crippen LogP) is 3.31. The average molecular weight is 253 g/mol. The monoisotopic (exact) mass is 252 g/mol. The largest absolute Gasteiger partial charge is 0.496 e. The molecule has 2 rings (SSSR count). The summed E-state index contributed by atoms with van der Waals surface area (Å²) in [6.07, 6.45) is 3.14. The first-order valence-corrected chi connectivity index (χ1v) is 6.24. The molecule has 0 atom stereocenters. The molecule has 0 bridgehead atoms. The van der Waals surface area contributed by atoms with E-state index < -0.39 is 0 Å². The molecule has 1 saturated heterocycles.